The number of carbonyl (C=O) groups is 1. The zero-order chi connectivity index (χ0) is 16.1. The number of nitrogens with one attached hydrogen (secondary N) is 1. The number of benzene rings is 2. The van der Waals surface area contributed by atoms with E-state index in [0.29, 0.717) is 12.5 Å². The van der Waals surface area contributed by atoms with Crippen molar-refractivity contribution in [3.05, 3.63) is 42.0 Å². The Hall–Kier alpha value is -2.03. The average molecular weight is 311 g/mol. The van der Waals surface area contributed by atoms with Crippen LogP contribution in [0.2, 0.25) is 0 Å². The van der Waals surface area contributed by atoms with Crippen LogP contribution in [0.5, 0.6) is 5.75 Å². The lowest BCUT2D eigenvalue weighted by Crippen LogP contribution is -2.36. The molecule has 0 spiro atoms. The molecule has 3 heteroatoms. The van der Waals surface area contributed by atoms with Crippen LogP contribution < -0.4 is 10.1 Å². The van der Waals surface area contributed by atoms with Gasteiger partial charge in [0.25, 0.3) is 0 Å². The zero-order valence-corrected chi connectivity index (χ0v) is 13.8. The first-order valence-electron chi connectivity index (χ1n) is 8.61. The molecule has 0 atom stereocenters. The Labute approximate surface area is 138 Å². The number of carbonyl (C=O) groups excluding carboxylic acids is 1. The third-order valence-electron chi connectivity index (χ3n) is 4.77. The van der Waals surface area contributed by atoms with Crippen molar-refractivity contribution in [1.82, 2.24) is 5.32 Å². The Morgan fingerprint density at radius 2 is 2.00 bits per heavy atom. The lowest BCUT2D eigenvalue weighted by atomic mass is 9.95. The van der Waals surface area contributed by atoms with Gasteiger partial charge in [0.15, 0.2) is 0 Å². The van der Waals surface area contributed by atoms with Gasteiger partial charge in [0.05, 0.1) is 7.11 Å². The maximum Gasteiger partial charge on any atom is 0.220 e. The minimum absolute atomic E-state index is 0.178. The molecule has 0 aliphatic heterocycles. The number of rotatable bonds is 5. The first kappa shape index (κ1) is 15.9. The molecule has 0 aromatic heterocycles. The summed E-state index contributed by atoms with van der Waals surface area (Å²) in [4.78, 5) is 12.2. The average Bonchev–Trinajstić information content (AvgIpc) is 2.60. The molecule has 1 aliphatic carbocycles. The molecule has 2 aromatic carbocycles. The van der Waals surface area contributed by atoms with E-state index in [-0.39, 0.29) is 5.91 Å². The fourth-order valence-corrected chi connectivity index (χ4v) is 3.46. The van der Waals surface area contributed by atoms with E-state index in [1.165, 1.54) is 35.6 Å². The predicted molar refractivity (Wildman–Crippen MR) is 93.8 cm³/mol. The summed E-state index contributed by atoms with van der Waals surface area (Å²) in [5.74, 6) is 1.04. The Balaban J connectivity index is 1.65. The maximum absolute atomic E-state index is 12.2. The van der Waals surface area contributed by atoms with E-state index in [1.54, 1.807) is 7.11 Å². The second-order valence-corrected chi connectivity index (χ2v) is 6.41. The van der Waals surface area contributed by atoms with E-state index in [1.807, 2.05) is 6.07 Å². The summed E-state index contributed by atoms with van der Waals surface area (Å²) < 4.78 is 5.32. The summed E-state index contributed by atoms with van der Waals surface area (Å²) in [7, 11) is 1.68. The molecular formula is C20H25NO2. The number of hydrogen-bond donors (Lipinski definition) is 1. The van der Waals surface area contributed by atoms with Crippen molar-refractivity contribution in [1.29, 1.82) is 0 Å². The fourth-order valence-electron chi connectivity index (χ4n) is 3.46. The summed E-state index contributed by atoms with van der Waals surface area (Å²) >= 11 is 0. The van der Waals surface area contributed by atoms with Crippen molar-refractivity contribution in [2.45, 2.75) is 51.0 Å². The van der Waals surface area contributed by atoms with E-state index in [0.717, 1.165) is 25.0 Å². The van der Waals surface area contributed by atoms with Gasteiger partial charge >= 0.3 is 0 Å². The van der Waals surface area contributed by atoms with Crippen LogP contribution in [0, 0.1) is 0 Å². The highest BCUT2D eigenvalue weighted by atomic mass is 16.5. The zero-order valence-electron chi connectivity index (χ0n) is 13.8. The quantitative estimate of drug-likeness (QED) is 0.897. The topological polar surface area (TPSA) is 38.3 Å². The van der Waals surface area contributed by atoms with Gasteiger partial charge < -0.3 is 10.1 Å². The van der Waals surface area contributed by atoms with E-state index in [2.05, 4.69) is 35.6 Å². The van der Waals surface area contributed by atoms with E-state index < -0.39 is 0 Å². The van der Waals surface area contributed by atoms with Crippen molar-refractivity contribution in [3.8, 4) is 5.75 Å². The molecular weight excluding hydrogens is 286 g/mol. The van der Waals surface area contributed by atoms with Crippen molar-refractivity contribution in [2.75, 3.05) is 7.11 Å². The highest BCUT2D eigenvalue weighted by Gasteiger charge is 2.15. The number of hydrogen-bond acceptors (Lipinski definition) is 2. The van der Waals surface area contributed by atoms with Crippen LogP contribution >= 0.6 is 0 Å². The number of amides is 1. The lowest BCUT2D eigenvalue weighted by molar-refractivity contribution is -0.121. The van der Waals surface area contributed by atoms with Crippen LogP contribution in [0.3, 0.4) is 0 Å². The molecule has 0 heterocycles. The second kappa shape index (κ2) is 7.49. The van der Waals surface area contributed by atoms with Gasteiger partial charge in [-0.15, -0.1) is 0 Å². The molecule has 0 unspecified atom stereocenters. The minimum atomic E-state index is 0.178. The summed E-state index contributed by atoms with van der Waals surface area (Å²) in [6.07, 6.45) is 7.39. The Kier molecular flexibility index (Phi) is 5.16. The van der Waals surface area contributed by atoms with E-state index in [9.17, 15) is 4.79 Å². The van der Waals surface area contributed by atoms with Gasteiger partial charge in [0, 0.05) is 12.5 Å². The molecule has 0 saturated heterocycles. The fraction of sp³-hybridized carbons (Fsp3) is 0.450. The third kappa shape index (κ3) is 4.04. The molecule has 3 nitrogen and oxygen atoms in total. The Morgan fingerprint density at radius 3 is 2.78 bits per heavy atom. The molecule has 1 aliphatic rings. The molecule has 0 radical (unpaired) electrons. The molecule has 2 aromatic rings. The molecule has 23 heavy (non-hydrogen) atoms. The number of methoxy groups -OCH3 is 1. The standard InChI is InChI=1S/C20H25NO2/c1-23-18-12-10-15-6-5-7-16(19(15)14-18)11-13-20(22)21-17-8-3-2-4-9-17/h5-7,10,12,14,17H,2-4,8-9,11,13H2,1H3,(H,21,22). The van der Waals surface area contributed by atoms with Crippen LogP contribution in [0.25, 0.3) is 10.8 Å². The second-order valence-electron chi connectivity index (χ2n) is 6.41. The molecule has 1 amide bonds. The minimum Gasteiger partial charge on any atom is -0.497 e. The smallest absolute Gasteiger partial charge is 0.220 e. The summed E-state index contributed by atoms with van der Waals surface area (Å²) in [5, 5.41) is 5.56. The molecule has 1 saturated carbocycles. The van der Waals surface area contributed by atoms with Crippen LogP contribution in [-0.2, 0) is 11.2 Å². The normalized spacial score (nSPS) is 15.5. The first-order chi connectivity index (χ1) is 11.3. The van der Waals surface area contributed by atoms with Gasteiger partial charge in [0.1, 0.15) is 5.75 Å². The largest absolute Gasteiger partial charge is 0.497 e. The number of ether oxygens (including phenoxy) is 1. The van der Waals surface area contributed by atoms with Gasteiger partial charge in [-0.1, -0.05) is 43.5 Å². The SMILES string of the molecule is COc1ccc2cccc(CCC(=O)NC3CCCCC3)c2c1. The third-order valence-corrected chi connectivity index (χ3v) is 4.77. The molecule has 122 valence electrons. The number of aryl methyl sites for hydroxylation is 1. The molecule has 3 rings (SSSR count). The molecule has 0 bridgehead atoms. The highest BCUT2D eigenvalue weighted by molar-refractivity contribution is 5.87. The first-order valence-corrected chi connectivity index (χ1v) is 8.61. The Morgan fingerprint density at radius 1 is 1.17 bits per heavy atom. The summed E-state index contributed by atoms with van der Waals surface area (Å²) in [6.45, 7) is 0. The molecule has 1 N–H and O–H groups in total. The number of fused-ring (bicyclic) bond motifs is 1. The van der Waals surface area contributed by atoms with Crippen LogP contribution in [0.15, 0.2) is 36.4 Å². The van der Waals surface area contributed by atoms with Crippen LogP contribution in [-0.4, -0.2) is 19.1 Å². The Bertz CT molecular complexity index is 674. The van der Waals surface area contributed by atoms with Crippen molar-refractivity contribution in [3.63, 3.8) is 0 Å². The predicted octanol–water partition coefficient (Wildman–Crippen LogP) is 4.23. The van der Waals surface area contributed by atoms with E-state index in [4.69, 9.17) is 4.74 Å². The summed E-state index contributed by atoms with van der Waals surface area (Å²) in [6, 6.07) is 12.8. The van der Waals surface area contributed by atoms with Crippen LogP contribution in [0.1, 0.15) is 44.1 Å². The van der Waals surface area contributed by atoms with Crippen molar-refractivity contribution >= 4 is 16.7 Å². The van der Waals surface area contributed by atoms with E-state index >= 15 is 0 Å². The van der Waals surface area contributed by atoms with Gasteiger partial charge in [-0.05, 0) is 47.7 Å². The highest BCUT2D eigenvalue weighted by Crippen LogP contribution is 2.25. The van der Waals surface area contributed by atoms with Crippen molar-refractivity contribution in [2.24, 2.45) is 0 Å². The van der Waals surface area contributed by atoms with Gasteiger partial charge in [-0.2, -0.15) is 0 Å². The monoisotopic (exact) mass is 311 g/mol. The van der Waals surface area contributed by atoms with Gasteiger partial charge in [-0.3, -0.25) is 4.79 Å². The lowest BCUT2D eigenvalue weighted by Gasteiger charge is -2.22. The van der Waals surface area contributed by atoms with Gasteiger partial charge in [0.2, 0.25) is 5.91 Å². The van der Waals surface area contributed by atoms with Gasteiger partial charge in [-0.25, -0.2) is 0 Å². The van der Waals surface area contributed by atoms with Crippen LogP contribution in [0.4, 0.5) is 0 Å². The van der Waals surface area contributed by atoms with Crippen molar-refractivity contribution < 1.29 is 9.53 Å². The maximum atomic E-state index is 12.2. The summed E-state index contributed by atoms with van der Waals surface area (Å²) in [5.41, 5.74) is 1.21. The molecule has 1 fully saturated rings.